The minimum Gasteiger partial charge on any atom is -0.475 e. The number of hydrogen-bond acceptors (Lipinski definition) is 7. The summed E-state index contributed by atoms with van der Waals surface area (Å²) in [6.45, 7) is 3.77. The monoisotopic (exact) mass is 564 g/mol. The highest BCUT2D eigenvalue weighted by molar-refractivity contribution is 8.04. The number of benzene rings is 1. The van der Waals surface area contributed by atoms with Crippen molar-refractivity contribution in [3.8, 4) is 11.1 Å². The van der Waals surface area contributed by atoms with E-state index in [0.717, 1.165) is 22.8 Å². The van der Waals surface area contributed by atoms with Crippen molar-refractivity contribution in [2.45, 2.75) is 37.4 Å². The van der Waals surface area contributed by atoms with Gasteiger partial charge in [0.1, 0.15) is 5.65 Å². The second kappa shape index (κ2) is 11.3. The first-order valence-corrected chi connectivity index (χ1v) is 13.7. The SMILES string of the molecule is CC(C)NC(=O)Cc1cc2c(-c3ccc(S(=O)(=O)NS(C)(=O)=O)cc3)ccnc2[nH]1.O=C(O)C(F)(F)F. The van der Waals surface area contributed by atoms with Crippen LogP contribution in [0.25, 0.3) is 22.2 Å². The summed E-state index contributed by atoms with van der Waals surface area (Å²) in [4.78, 5) is 28.2. The number of carboxylic acids is 1. The number of H-pyrrole nitrogens is 1. The Kier molecular flexibility index (Phi) is 9.05. The second-order valence-corrected chi connectivity index (χ2v) is 11.7. The molecule has 0 saturated carbocycles. The number of nitrogens with zero attached hydrogens (tertiary/aromatic N) is 1. The van der Waals surface area contributed by atoms with Crippen LogP contribution in [-0.2, 0) is 36.1 Å². The maximum Gasteiger partial charge on any atom is 0.490 e. The molecule has 0 fully saturated rings. The Bertz CT molecular complexity index is 1500. The van der Waals surface area contributed by atoms with E-state index in [2.05, 4.69) is 15.3 Å². The number of pyridine rings is 1. The Morgan fingerprint density at radius 3 is 2.14 bits per heavy atom. The molecule has 2 aromatic heterocycles. The number of nitrogens with one attached hydrogen (secondary N) is 3. The summed E-state index contributed by atoms with van der Waals surface area (Å²) >= 11 is 0. The van der Waals surface area contributed by atoms with Crippen molar-refractivity contribution >= 4 is 43.0 Å². The molecule has 0 unspecified atom stereocenters. The van der Waals surface area contributed by atoms with Gasteiger partial charge in [0, 0.05) is 23.3 Å². The molecule has 2 heterocycles. The third-order valence-electron chi connectivity index (χ3n) is 4.37. The van der Waals surface area contributed by atoms with Crippen molar-refractivity contribution in [3.63, 3.8) is 0 Å². The number of carboxylic acid groups (broad SMARTS) is 1. The second-order valence-electron chi connectivity index (χ2n) is 8.00. The maximum atomic E-state index is 12.1. The molecule has 0 radical (unpaired) electrons. The lowest BCUT2D eigenvalue weighted by molar-refractivity contribution is -0.192. The van der Waals surface area contributed by atoms with Crippen LogP contribution in [0.15, 0.2) is 47.5 Å². The zero-order chi connectivity index (χ0) is 28.2. The van der Waals surface area contributed by atoms with E-state index >= 15 is 0 Å². The molecule has 1 amide bonds. The van der Waals surface area contributed by atoms with Gasteiger partial charge in [0.15, 0.2) is 0 Å². The Morgan fingerprint density at radius 1 is 1.08 bits per heavy atom. The van der Waals surface area contributed by atoms with Gasteiger partial charge in [0.25, 0.3) is 10.0 Å². The van der Waals surface area contributed by atoms with E-state index in [1.54, 1.807) is 28.5 Å². The number of sulfonamides is 2. The number of carbonyl (C=O) groups is 2. The van der Waals surface area contributed by atoms with Gasteiger partial charge >= 0.3 is 12.1 Å². The minimum atomic E-state index is -5.08. The Hall–Kier alpha value is -3.50. The molecular weight excluding hydrogens is 541 g/mol. The zero-order valence-corrected chi connectivity index (χ0v) is 21.3. The molecule has 11 nitrogen and oxygen atoms in total. The summed E-state index contributed by atoms with van der Waals surface area (Å²) in [7, 11) is -8.10. The van der Waals surface area contributed by atoms with Gasteiger partial charge in [-0.25, -0.2) is 26.6 Å². The molecule has 37 heavy (non-hydrogen) atoms. The van der Waals surface area contributed by atoms with Crippen LogP contribution in [0, 0.1) is 0 Å². The highest BCUT2D eigenvalue weighted by Gasteiger charge is 2.38. The summed E-state index contributed by atoms with van der Waals surface area (Å²) in [6.07, 6.45) is -2.51. The smallest absolute Gasteiger partial charge is 0.475 e. The van der Waals surface area contributed by atoms with Crippen LogP contribution < -0.4 is 9.44 Å². The van der Waals surface area contributed by atoms with Crippen molar-refractivity contribution in [1.29, 1.82) is 0 Å². The number of amides is 1. The van der Waals surface area contributed by atoms with E-state index in [0.29, 0.717) is 11.3 Å². The molecule has 1 aromatic carbocycles. The number of fused-ring (bicyclic) bond motifs is 1. The molecule has 16 heteroatoms. The van der Waals surface area contributed by atoms with Crippen LogP contribution in [0.1, 0.15) is 19.5 Å². The number of carbonyl (C=O) groups excluding carboxylic acids is 1. The lowest BCUT2D eigenvalue weighted by Gasteiger charge is -2.07. The average Bonchev–Trinajstić information content (AvgIpc) is 3.13. The van der Waals surface area contributed by atoms with Crippen LogP contribution in [0.5, 0.6) is 0 Å². The van der Waals surface area contributed by atoms with E-state index in [1.807, 2.05) is 19.9 Å². The molecule has 0 spiro atoms. The van der Waals surface area contributed by atoms with Crippen LogP contribution in [0.3, 0.4) is 0 Å². The van der Waals surface area contributed by atoms with Gasteiger partial charge in [0.05, 0.1) is 17.6 Å². The maximum absolute atomic E-state index is 12.1. The van der Waals surface area contributed by atoms with Crippen molar-refractivity contribution < 1.29 is 44.7 Å². The summed E-state index contributed by atoms with van der Waals surface area (Å²) in [6, 6.07) is 9.51. The van der Waals surface area contributed by atoms with Crippen molar-refractivity contribution in [1.82, 2.24) is 19.4 Å². The molecule has 202 valence electrons. The lowest BCUT2D eigenvalue weighted by atomic mass is 10.0. The van der Waals surface area contributed by atoms with Gasteiger partial charge in [-0.3, -0.25) is 4.79 Å². The molecule has 0 atom stereocenters. The van der Waals surface area contributed by atoms with Gasteiger partial charge in [0.2, 0.25) is 15.9 Å². The predicted octanol–water partition coefficient (Wildman–Crippen LogP) is 2.17. The topological polar surface area (TPSA) is 175 Å². The first kappa shape index (κ1) is 29.7. The largest absolute Gasteiger partial charge is 0.490 e. The Balaban J connectivity index is 0.000000604. The highest BCUT2D eigenvalue weighted by Crippen LogP contribution is 2.29. The number of rotatable bonds is 7. The standard InChI is InChI=1S/C19H22N4O5S2.C2HF3O2/c1-12(2)21-18(24)11-14-10-17-16(8-9-20-19(17)22-14)13-4-6-15(7-5-13)30(27,28)23-29(3,25)26;3-2(4,5)1(6)7/h4-10,12,23H,11H2,1-3H3,(H,20,22)(H,21,24);(H,6,7). The van der Waals surface area contributed by atoms with E-state index in [-0.39, 0.29) is 23.3 Å². The lowest BCUT2D eigenvalue weighted by Crippen LogP contribution is -2.31. The van der Waals surface area contributed by atoms with Crippen molar-refractivity contribution in [2.75, 3.05) is 6.26 Å². The van der Waals surface area contributed by atoms with Crippen LogP contribution in [0.4, 0.5) is 13.2 Å². The van der Waals surface area contributed by atoms with Gasteiger partial charge < -0.3 is 15.4 Å². The average molecular weight is 565 g/mol. The molecule has 0 aliphatic heterocycles. The molecule has 0 aliphatic carbocycles. The molecule has 0 bridgehead atoms. The molecule has 3 rings (SSSR count). The van der Waals surface area contributed by atoms with Gasteiger partial charge in [-0.1, -0.05) is 12.1 Å². The highest BCUT2D eigenvalue weighted by atomic mass is 32.3. The van der Waals surface area contributed by atoms with Crippen LogP contribution >= 0.6 is 0 Å². The third-order valence-corrected chi connectivity index (χ3v) is 7.35. The first-order chi connectivity index (χ1) is 16.9. The molecule has 0 aliphatic rings. The van der Waals surface area contributed by atoms with Crippen LogP contribution in [0.2, 0.25) is 0 Å². The zero-order valence-electron chi connectivity index (χ0n) is 19.6. The number of aliphatic carboxylic acids is 1. The number of hydrogen-bond donors (Lipinski definition) is 4. The number of aromatic nitrogens is 2. The fraction of sp³-hybridized carbons (Fsp3) is 0.286. The number of alkyl halides is 3. The van der Waals surface area contributed by atoms with Gasteiger partial charge in [-0.15, -0.1) is 4.13 Å². The van der Waals surface area contributed by atoms with Crippen LogP contribution in [-0.4, -0.2) is 62.3 Å². The van der Waals surface area contributed by atoms with Crippen molar-refractivity contribution in [3.05, 3.63) is 48.3 Å². The summed E-state index contributed by atoms with van der Waals surface area (Å²) in [5.41, 5.74) is 2.83. The first-order valence-electron chi connectivity index (χ1n) is 10.3. The van der Waals surface area contributed by atoms with E-state index in [4.69, 9.17) is 9.90 Å². The normalized spacial score (nSPS) is 12.2. The van der Waals surface area contributed by atoms with Gasteiger partial charge in [-0.05, 0) is 49.2 Å². The quantitative estimate of drug-likeness (QED) is 0.338. The fourth-order valence-electron chi connectivity index (χ4n) is 3.04. The minimum absolute atomic E-state index is 0.0440. The van der Waals surface area contributed by atoms with E-state index in [1.165, 1.54) is 12.1 Å². The summed E-state index contributed by atoms with van der Waals surface area (Å²) in [5, 5.41) is 10.7. The Morgan fingerprint density at radius 2 is 1.65 bits per heavy atom. The number of halogens is 3. The fourth-order valence-corrected chi connectivity index (χ4v) is 5.51. The Labute approximate surface area is 210 Å². The van der Waals surface area contributed by atoms with E-state index < -0.39 is 32.2 Å². The molecule has 3 aromatic rings. The summed E-state index contributed by atoms with van der Waals surface area (Å²) in [5.74, 6) is -2.86. The molecule has 4 N–H and O–H groups in total. The predicted molar refractivity (Wildman–Crippen MR) is 127 cm³/mol. The van der Waals surface area contributed by atoms with Gasteiger partial charge in [-0.2, -0.15) is 13.2 Å². The van der Waals surface area contributed by atoms with Crippen molar-refractivity contribution in [2.24, 2.45) is 0 Å². The third kappa shape index (κ3) is 8.83. The molecule has 0 saturated heterocycles. The summed E-state index contributed by atoms with van der Waals surface area (Å²) < 4.78 is 80.2. The number of aromatic amines is 1. The molecular formula is C21H23F3N4O7S2. The van der Waals surface area contributed by atoms with E-state index in [9.17, 15) is 34.8 Å².